The third-order valence-corrected chi connectivity index (χ3v) is 5.90. The summed E-state index contributed by atoms with van der Waals surface area (Å²) < 4.78 is 7.43. The van der Waals surface area contributed by atoms with E-state index in [-0.39, 0.29) is 11.5 Å². The highest BCUT2D eigenvalue weighted by Gasteiger charge is 2.31. The van der Waals surface area contributed by atoms with E-state index in [4.69, 9.17) is 21.9 Å². The van der Waals surface area contributed by atoms with Gasteiger partial charge in [-0.1, -0.05) is 30.0 Å². The average molecular weight is 403 g/mol. The highest BCUT2D eigenvalue weighted by Crippen LogP contribution is 2.33. The van der Waals surface area contributed by atoms with Gasteiger partial charge in [0.1, 0.15) is 15.8 Å². The fraction of sp³-hybridized carbons (Fsp3) is 0.333. The van der Waals surface area contributed by atoms with Gasteiger partial charge in [0.15, 0.2) is 0 Å². The molecular formula is C18H18N4O3S2. The van der Waals surface area contributed by atoms with E-state index in [2.05, 4.69) is 0 Å². The van der Waals surface area contributed by atoms with Gasteiger partial charge in [-0.25, -0.2) is 4.98 Å². The molecule has 2 fully saturated rings. The molecule has 0 bridgehead atoms. The zero-order chi connectivity index (χ0) is 19.0. The maximum Gasteiger partial charge on any atom is 0.267 e. The Hall–Kier alpha value is -2.23. The van der Waals surface area contributed by atoms with Crippen LogP contribution in [0.15, 0.2) is 34.1 Å². The quantitative estimate of drug-likeness (QED) is 0.572. The van der Waals surface area contributed by atoms with E-state index in [0.717, 1.165) is 0 Å². The van der Waals surface area contributed by atoms with E-state index in [9.17, 15) is 9.59 Å². The SMILES string of the molecule is CCN1C(=O)/C(=C/c2c(N3CCOCC3)nc3ccccn3c2=O)SC1=S. The van der Waals surface area contributed by atoms with Gasteiger partial charge in [-0.05, 0) is 25.1 Å². The number of amides is 1. The van der Waals surface area contributed by atoms with Gasteiger partial charge in [-0.2, -0.15) is 0 Å². The van der Waals surface area contributed by atoms with Crippen LogP contribution in [0.4, 0.5) is 5.82 Å². The van der Waals surface area contributed by atoms with Crippen LogP contribution in [0.3, 0.4) is 0 Å². The molecule has 1 amide bonds. The molecule has 2 aromatic heterocycles. The number of likely N-dealkylation sites (N-methyl/N-ethyl adjacent to an activating group) is 1. The van der Waals surface area contributed by atoms with E-state index in [0.29, 0.717) is 59.1 Å². The lowest BCUT2D eigenvalue weighted by Gasteiger charge is -2.29. The molecule has 9 heteroatoms. The van der Waals surface area contributed by atoms with Crippen molar-refractivity contribution in [2.45, 2.75) is 6.92 Å². The molecule has 0 aromatic carbocycles. The standard InChI is InChI=1S/C18H18N4O3S2/c1-2-21-17(24)13(27-18(21)26)11-12-15(20-7-9-25-10-8-20)19-14-5-3-4-6-22(14)16(12)23/h3-6,11H,2,7-10H2,1H3/b13-11-. The molecule has 140 valence electrons. The predicted molar refractivity (Wildman–Crippen MR) is 110 cm³/mol. The summed E-state index contributed by atoms with van der Waals surface area (Å²) >= 11 is 6.50. The van der Waals surface area contributed by atoms with Crippen molar-refractivity contribution in [3.8, 4) is 0 Å². The number of carbonyl (C=O) groups excluding carboxylic acids is 1. The topological polar surface area (TPSA) is 67.2 Å². The Balaban J connectivity index is 1.89. The molecule has 4 heterocycles. The van der Waals surface area contributed by atoms with E-state index in [1.165, 1.54) is 21.1 Å². The van der Waals surface area contributed by atoms with E-state index in [1.807, 2.05) is 17.9 Å². The van der Waals surface area contributed by atoms with Gasteiger partial charge in [-0.3, -0.25) is 18.9 Å². The summed E-state index contributed by atoms with van der Waals surface area (Å²) in [4.78, 5) is 34.5. The summed E-state index contributed by atoms with van der Waals surface area (Å²) in [7, 11) is 0. The summed E-state index contributed by atoms with van der Waals surface area (Å²) in [5, 5.41) is 0. The average Bonchev–Trinajstić information content (AvgIpc) is 2.97. The Kier molecular flexibility index (Phi) is 4.98. The molecule has 7 nitrogen and oxygen atoms in total. The second-order valence-electron chi connectivity index (χ2n) is 6.11. The van der Waals surface area contributed by atoms with Gasteiger partial charge in [0.25, 0.3) is 11.5 Å². The van der Waals surface area contributed by atoms with Crippen molar-refractivity contribution in [2.75, 3.05) is 37.7 Å². The molecule has 0 spiro atoms. The van der Waals surface area contributed by atoms with Gasteiger partial charge >= 0.3 is 0 Å². The summed E-state index contributed by atoms with van der Waals surface area (Å²) in [5.74, 6) is 0.411. The number of aromatic nitrogens is 2. The number of anilines is 1. The molecule has 2 aliphatic heterocycles. The number of nitrogens with zero attached hydrogens (tertiary/aromatic N) is 4. The van der Waals surface area contributed by atoms with Crippen molar-refractivity contribution in [1.82, 2.24) is 14.3 Å². The molecule has 27 heavy (non-hydrogen) atoms. The Morgan fingerprint density at radius 2 is 2.07 bits per heavy atom. The first-order valence-corrected chi connectivity index (χ1v) is 9.92. The zero-order valence-corrected chi connectivity index (χ0v) is 16.4. The number of rotatable bonds is 3. The number of pyridine rings is 1. The molecular weight excluding hydrogens is 384 g/mol. The predicted octanol–water partition coefficient (Wildman–Crippen LogP) is 1.75. The lowest BCUT2D eigenvalue weighted by atomic mass is 10.2. The largest absolute Gasteiger partial charge is 0.378 e. The number of fused-ring (bicyclic) bond motifs is 1. The number of hydrogen-bond acceptors (Lipinski definition) is 7. The first-order valence-electron chi connectivity index (χ1n) is 8.69. The third kappa shape index (κ3) is 3.26. The Bertz CT molecular complexity index is 1010. The van der Waals surface area contributed by atoms with Crippen molar-refractivity contribution in [3.05, 3.63) is 45.2 Å². The zero-order valence-electron chi connectivity index (χ0n) is 14.8. The lowest BCUT2D eigenvalue weighted by molar-refractivity contribution is -0.121. The number of carbonyl (C=O) groups is 1. The molecule has 0 atom stereocenters. The van der Waals surface area contributed by atoms with Gasteiger partial charge in [0.2, 0.25) is 0 Å². The number of ether oxygens (including phenoxy) is 1. The van der Waals surface area contributed by atoms with Gasteiger partial charge in [0.05, 0.1) is 23.7 Å². The molecule has 0 radical (unpaired) electrons. The van der Waals surface area contributed by atoms with E-state index >= 15 is 0 Å². The number of hydrogen-bond donors (Lipinski definition) is 0. The summed E-state index contributed by atoms with van der Waals surface area (Å²) in [6, 6.07) is 5.42. The van der Waals surface area contributed by atoms with Crippen LogP contribution in [0.2, 0.25) is 0 Å². The van der Waals surface area contributed by atoms with Gasteiger partial charge in [-0.15, -0.1) is 0 Å². The highest BCUT2D eigenvalue weighted by molar-refractivity contribution is 8.26. The number of thiocarbonyl (C=S) groups is 1. The molecule has 0 aliphatic carbocycles. The number of morpholine rings is 1. The maximum absolute atomic E-state index is 13.2. The second kappa shape index (κ2) is 7.41. The third-order valence-electron chi connectivity index (χ3n) is 4.52. The van der Waals surface area contributed by atoms with Crippen molar-refractivity contribution in [2.24, 2.45) is 0 Å². The minimum Gasteiger partial charge on any atom is -0.378 e. The summed E-state index contributed by atoms with van der Waals surface area (Å²) in [6.07, 6.45) is 3.32. The van der Waals surface area contributed by atoms with Crippen LogP contribution < -0.4 is 10.5 Å². The first-order chi connectivity index (χ1) is 13.1. The van der Waals surface area contributed by atoms with Crippen molar-refractivity contribution in [3.63, 3.8) is 0 Å². The lowest BCUT2D eigenvalue weighted by Crippen LogP contribution is -2.38. The van der Waals surface area contributed by atoms with E-state index < -0.39 is 0 Å². The second-order valence-corrected chi connectivity index (χ2v) is 7.78. The van der Waals surface area contributed by atoms with Crippen LogP contribution in [0.1, 0.15) is 12.5 Å². The first kappa shape index (κ1) is 18.1. The highest BCUT2D eigenvalue weighted by atomic mass is 32.2. The Labute approximate surface area is 165 Å². The van der Waals surface area contributed by atoms with Crippen LogP contribution in [-0.4, -0.2) is 57.4 Å². The molecule has 2 aliphatic rings. The summed E-state index contributed by atoms with van der Waals surface area (Å²) in [5.41, 5.74) is 0.767. The van der Waals surface area contributed by atoms with Crippen LogP contribution in [-0.2, 0) is 9.53 Å². The smallest absolute Gasteiger partial charge is 0.267 e. The molecule has 2 aromatic rings. The van der Waals surface area contributed by atoms with Gasteiger partial charge in [0, 0.05) is 25.8 Å². The molecule has 0 N–H and O–H groups in total. The van der Waals surface area contributed by atoms with Crippen molar-refractivity contribution >= 4 is 51.7 Å². The van der Waals surface area contributed by atoms with Crippen LogP contribution in [0.5, 0.6) is 0 Å². The minimum atomic E-state index is -0.205. The summed E-state index contributed by atoms with van der Waals surface area (Å²) in [6.45, 7) is 4.82. The Morgan fingerprint density at radius 1 is 1.30 bits per heavy atom. The molecule has 0 unspecified atom stereocenters. The normalized spacial score (nSPS) is 19.5. The molecule has 2 saturated heterocycles. The van der Waals surface area contributed by atoms with Crippen LogP contribution in [0.25, 0.3) is 11.7 Å². The van der Waals surface area contributed by atoms with Crippen LogP contribution >= 0.6 is 24.0 Å². The fourth-order valence-corrected chi connectivity index (χ4v) is 4.50. The molecule has 0 saturated carbocycles. The van der Waals surface area contributed by atoms with Crippen molar-refractivity contribution < 1.29 is 9.53 Å². The minimum absolute atomic E-state index is 0.169. The monoisotopic (exact) mass is 402 g/mol. The maximum atomic E-state index is 13.2. The van der Waals surface area contributed by atoms with Gasteiger partial charge < -0.3 is 9.64 Å². The van der Waals surface area contributed by atoms with E-state index in [1.54, 1.807) is 24.4 Å². The van der Waals surface area contributed by atoms with Crippen molar-refractivity contribution in [1.29, 1.82) is 0 Å². The fourth-order valence-electron chi connectivity index (χ4n) is 3.14. The van der Waals surface area contributed by atoms with Crippen LogP contribution in [0, 0.1) is 0 Å². The molecule has 4 rings (SSSR count). The Morgan fingerprint density at radius 3 is 2.78 bits per heavy atom. The number of thioether (sulfide) groups is 1.